The molecule has 2 aromatic carbocycles. The minimum atomic E-state index is -2.95. The van der Waals surface area contributed by atoms with Crippen LogP contribution in [0.3, 0.4) is 0 Å². The van der Waals surface area contributed by atoms with Crippen LogP contribution in [-0.2, 0) is 29.5 Å². The van der Waals surface area contributed by atoms with E-state index in [1.807, 2.05) is 67.1 Å². The lowest BCUT2D eigenvalue weighted by atomic mass is 10.1. The fraction of sp³-hybridized carbons (Fsp3) is 0.400. The van der Waals surface area contributed by atoms with Crippen molar-refractivity contribution in [1.82, 2.24) is 15.1 Å². The van der Waals surface area contributed by atoms with Gasteiger partial charge in [0.1, 0.15) is 6.61 Å². The number of nitrogens with zero attached hydrogens (tertiary/aromatic N) is 2. The minimum Gasteiger partial charge on any atom is -0.493 e. The van der Waals surface area contributed by atoms with Crippen molar-refractivity contribution in [2.75, 3.05) is 18.6 Å². The molecule has 7 nitrogen and oxygen atoms in total. The lowest BCUT2D eigenvalue weighted by Gasteiger charge is -2.13. The Morgan fingerprint density at radius 2 is 1.85 bits per heavy atom. The Morgan fingerprint density at radius 1 is 1.06 bits per heavy atom. The third-order valence-electron chi connectivity index (χ3n) is 6.13. The highest BCUT2D eigenvalue weighted by molar-refractivity contribution is 7.91. The Bertz CT molecular complexity index is 1210. The van der Waals surface area contributed by atoms with Crippen LogP contribution in [0, 0.1) is 13.8 Å². The summed E-state index contributed by atoms with van der Waals surface area (Å²) < 4.78 is 37.1. The Labute approximate surface area is 195 Å². The Hall–Kier alpha value is -2.84. The lowest BCUT2D eigenvalue weighted by molar-refractivity contribution is 0.284. The van der Waals surface area contributed by atoms with Crippen LogP contribution in [0.4, 0.5) is 0 Å². The first kappa shape index (κ1) is 23.3. The van der Waals surface area contributed by atoms with Crippen molar-refractivity contribution in [3.8, 4) is 11.5 Å². The maximum Gasteiger partial charge on any atom is 0.161 e. The highest BCUT2D eigenvalue weighted by Gasteiger charge is 2.31. The van der Waals surface area contributed by atoms with E-state index in [1.165, 1.54) is 0 Å². The summed E-state index contributed by atoms with van der Waals surface area (Å²) in [4.78, 5) is 0. The van der Waals surface area contributed by atoms with Crippen molar-refractivity contribution in [2.45, 2.75) is 46.0 Å². The third kappa shape index (κ3) is 5.57. The Balaban J connectivity index is 1.37. The van der Waals surface area contributed by atoms with E-state index in [1.54, 1.807) is 7.11 Å². The van der Waals surface area contributed by atoms with Crippen LogP contribution < -0.4 is 14.8 Å². The first-order valence-corrected chi connectivity index (χ1v) is 13.0. The molecule has 0 spiro atoms. The molecule has 1 unspecified atom stereocenters. The van der Waals surface area contributed by atoms with Gasteiger partial charge in [-0.25, -0.2) is 8.42 Å². The van der Waals surface area contributed by atoms with Crippen LogP contribution in [-0.4, -0.2) is 36.8 Å². The fourth-order valence-corrected chi connectivity index (χ4v) is 5.98. The van der Waals surface area contributed by atoms with Gasteiger partial charge in [0, 0.05) is 24.3 Å². The van der Waals surface area contributed by atoms with Crippen LogP contribution in [0.5, 0.6) is 11.5 Å². The zero-order chi connectivity index (χ0) is 23.4. The van der Waals surface area contributed by atoms with Gasteiger partial charge >= 0.3 is 0 Å². The molecule has 4 rings (SSSR count). The van der Waals surface area contributed by atoms with Crippen molar-refractivity contribution in [3.63, 3.8) is 0 Å². The van der Waals surface area contributed by atoms with E-state index in [4.69, 9.17) is 9.47 Å². The molecule has 1 aliphatic heterocycles. The smallest absolute Gasteiger partial charge is 0.161 e. The molecule has 0 radical (unpaired) electrons. The van der Waals surface area contributed by atoms with Gasteiger partial charge in [0.25, 0.3) is 0 Å². The fourth-order valence-electron chi connectivity index (χ4n) is 4.29. The summed E-state index contributed by atoms with van der Waals surface area (Å²) in [5.41, 5.74) is 5.28. The number of hydrogen-bond donors (Lipinski definition) is 1. The highest BCUT2D eigenvalue weighted by Crippen LogP contribution is 2.29. The highest BCUT2D eigenvalue weighted by atomic mass is 32.2. The number of aromatic nitrogens is 2. The zero-order valence-corrected chi connectivity index (χ0v) is 20.2. The van der Waals surface area contributed by atoms with Crippen molar-refractivity contribution in [2.24, 2.45) is 0 Å². The number of hydrogen-bond acceptors (Lipinski definition) is 6. The molecule has 0 amide bonds. The van der Waals surface area contributed by atoms with E-state index in [9.17, 15) is 8.42 Å². The first-order chi connectivity index (χ1) is 15.9. The van der Waals surface area contributed by atoms with E-state index >= 15 is 0 Å². The first-order valence-electron chi connectivity index (χ1n) is 11.2. The molecule has 1 atom stereocenters. The Kier molecular flexibility index (Phi) is 7.05. The maximum atomic E-state index is 11.9. The molecule has 176 valence electrons. The van der Waals surface area contributed by atoms with E-state index in [0.29, 0.717) is 37.6 Å². The van der Waals surface area contributed by atoms with E-state index in [0.717, 1.165) is 28.1 Å². The number of rotatable bonds is 9. The number of aryl methyl sites for hydroxylation is 1. The molecule has 1 aliphatic rings. The van der Waals surface area contributed by atoms with Gasteiger partial charge in [-0.15, -0.1) is 0 Å². The van der Waals surface area contributed by atoms with E-state index in [2.05, 4.69) is 10.4 Å². The molecule has 2 heterocycles. The van der Waals surface area contributed by atoms with Gasteiger partial charge in [0.2, 0.25) is 0 Å². The summed E-state index contributed by atoms with van der Waals surface area (Å²) in [5, 5.41) is 8.12. The van der Waals surface area contributed by atoms with Crippen molar-refractivity contribution in [3.05, 3.63) is 76.6 Å². The lowest BCUT2D eigenvalue weighted by Crippen LogP contribution is -2.16. The number of nitrogens with one attached hydrogen (secondary N) is 1. The van der Waals surface area contributed by atoms with Crippen molar-refractivity contribution in [1.29, 1.82) is 0 Å². The summed E-state index contributed by atoms with van der Waals surface area (Å²) in [6.07, 6.45) is 0.635. The van der Waals surface area contributed by atoms with Crippen molar-refractivity contribution >= 4 is 9.84 Å². The van der Waals surface area contributed by atoms with Gasteiger partial charge in [-0.05, 0) is 43.5 Å². The molecule has 1 fully saturated rings. The molecule has 0 aliphatic carbocycles. The number of ether oxygens (including phenoxy) is 2. The van der Waals surface area contributed by atoms with Crippen LogP contribution in [0.15, 0.2) is 48.5 Å². The standard InChI is InChI=1S/C25H31N3O4S/c1-18-23(19(2)28(27-18)22-11-12-33(29,30)17-22)15-26-14-21-9-10-24(25(13-21)31-3)32-16-20-7-5-4-6-8-20/h4-10,13,22,26H,11-12,14-17H2,1-3H3. The second-order valence-corrected chi connectivity index (χ2v) is 10.7. The summed E-state index contributed by atoms with van der Waals surface area (Å²) in [6.45, 7) is 5.80. The third-order valence-corrected chi connectivity index (χ3v) is 7.88. The second-order valence-electron chi connectivity index (χ2n) is 8.51. The molecule has 1 N–H and O–H groups in total. The van der Waals surface area contributed by atoms with E-state index < -0.39 is 9.84 Å². The summed E-state index contributed by atoms with van der Waals surface area (Å²) in [7, 11) is -1.30. The number of methoxy groups -OCH3 is 1. The topological polar surface area (TPSA) is 82.5 Å². The van der Waals surface area contributed by atoms with E-state index in [-0.39, 0.29) is 17.5 Å². The normalized spacial score (nSPS) is 17.2. The summed E-state index contributed by atoms with van der Waals surface area (Å²) in [5.74, 6) is 1.84. The number of sulfone groups is 1. The quantitative estimate of drug-likeness (QED) is 0.514. The molecule has 0 saturated carbocycles. The summed E-state index contributed by atoms with van der Waals surface area (Å²) in [6, 6.07) is 15.9. The predicted octanol–water partition coefficient (Wildman–Crippen LogP) is 3.74. The van der Waals surface area contributed by atoms with Gasteiger partial charge < -0.3 is 14.8 Å². The van der Waals surface area contributed by atoms with Gasteiger partial charge in [-0.1, -0.05) is 36.4 Å². The molecular weight excluding hydrogens is 438 g/mol. The largest absolute Gasteiger partial charge is 0.493 e. The molecule has 0 bridgehead atoms. The zero-order valence-electron chi connectivity index (χ0n) is 19.4. The molecule has 8 heteroatoms. The molecule has 1 aromatic heterocycles. The average molecular weight is 470 g/mol. The predicted molar refractivity (Wildman–Crippen MR) is 128 cm³/mol. The molecule has 3 aromatic rings. The van der Waals surface area contributed by atoms with Gasteiger partial charge in [0.15, 0.2) is 21.3 Å². The Morgan fingerprint density at radius 3 is 2.55 bits per heavy atom. The minimum absolute atomic E-state index is 0.0601. The molecule has 1 saturated heterocycles. The second kappa shape index (κ2) is 9.97. The summed E-state index contributed by atoms with van der Waals surface area (Å²) >= 11 is 0. The van der Waals surface area contributed by atoms with Crippen LogP contribution in [0.25, 0.3) is 0 Å². The monoisotopic (exact) mass is 469 g/mol. The van der Waals surface area contributed by atoms with Crippen LogP contribution in [0.2, 0.25) is 0 Å². The van der Waals surface area contributed by atoms with Crippen LogP contribution >= 0.6 is 0 Å². The van der Waals surface area contributed by atoms with Crippen molar-refractivity contribution < 1.29 is 17.9 Å². The number of benzene rings is 2. The van der Waals surface area contributed by atoms with Gasteiger partial charge in [0.05, 0.1) is 30.4 Å². The maximum absolute atomic E-state index is 11.9. The van der Waals surface area contributed by atoms with Gasteiger partial charge in [-0.3, -0.25) is 4.68 Å². The molecular formula is C25H31N3O4S. The molecule has 33 heavy (non-hydrogen) atoms. The van der Waals surface area contributed by atoms with Gasteiger partial charge in [-0.2, -0.15) is 5.10 Å². The average Bonchev–Trinajstić information content (AvgIpc) is 3.31. The van der Waals surface area contributed by atoms with Crippen LogP contribution in [0.1, 0.15) is 40.5 Å². The SMILES string of the molecule is COc1cc(CNCc2c(C)nn(C3CCS(=O)(=O)C3)c2C)ccc1OCc1ccccc1.